The number of ether oxygens (including phenoxy) is 1. The Morgan fingerprint density at radius 3 is 2.09 bits per heavy atom. The van der Waals surface area contributed by atoms with E-state index < -0.39 is 23.2 Å². The second-order valence-corrected chi connectivity index (χ2v) is 3.63. The standard InChI is InChI=1S/C12H11NO4.2C2H6.2Na/c1-6-3-4-8-7(5-6)10(14)9(11(15)13-8)12(16)17-2;2*1-2;;/h3-5H,1-2H3,(H2,13,14,15);2*1-2H3;;/q;;;2*+1/p-2. The summed E-state index contributed by atoms with van der Waals surface area (Å²) in [4.78, 5) is 15.0. The molecule has 7 heteroatoms. The monoisotopic (exact) mass is 337 g/mol. The molecule has 0 aliphatic rings. The first-order valence-corrected chi connectivity index (χ1v) is 6.91. The molecular formula is C16H21NNa2O4. The zero-order chi connectivity index (χ0) is 16.6. The van der Waals surface area contributed by atoms with Gasteiger partial charge in [0.05, 0.1) is 18.2 Å². The van der Waals surface area contributed by atoms with Crippen LogP contribution in [0.4, 0.5) is 0 Å². The first-order valence-electron chi connectivity index (χ1n) is 6.91. The number of hydrogen-bond acceptors (Lipinski definition) is 5. The van der Waals surface area contributed by atoms with Crippen molar-refractivity contribution in [2.45, 2.75) is 34.6 Å². The molecule has 1 aromatic carbocycles. The summed E-state index contributed by atoms with van der Waals surface area (Å²) >= 11 is 0. The third-order valence-electron chi connectivity index (χ3n) is 2.45. The molecule has 0 bridgehead atoms. The summed E-state index contributed by atoms with van der Waals surface area (Å²) in [6, 6.07) is 4.91. The van der Waals surface area contributed by atoms with Crippen molar-refractivity contribution in [2.75, 3.05) is 7.11 Å². The van der Waals surface area contributed by atoms with Crippen LogP contribution in [0.2, 0.25) is 0 Å². The molecule has 0 unspecified atom stereocenters. The van der Waals surface area contributed by atoms with Gasteiger partial charge in [0.1, 0.15) is 0 Å². The quantitative estimate of drug-likeness (QED) is 0.399. The number of aromatic nitrogens is 1. The maximum atomic E-state index is 12.0. The molecule has 5 nitrogen and oxygen atoms in total. The summed E-state index contributed by atoms with van der Waals surface area (Å²) in [5, 5.41) is 23.7. The van der Waals surface area contributed by atoms with E-state index in [9.17, 15) is 15.0 Å². The van der Waals surface area contributed by atoms with Crippen LogP contribution >= 0.6 is 0 Å². The van der Waals surface area contributed by atoms with Crippen molar-refractivity contribution in [3.8, 4) is 11.6 Å². The van der Waals surface area contributed by atoms with Crippen LogP contribution in [-0.2, 0) is 4.74 Å². The van der Waals surface area contributed by atoms with Gasteiger partial charge < -0.3 is 14.9 Å². The van der Waals surface area contributed by atoms with Crippen LogP contribution in [0, 0.1) is 6.92 Å². The van der Waals surface area contributed by atoms with Gasteiger partial charge in [-0.1, -0.05) is 51.1 Å². The number of aryl methyl sites for hydroxylation is 1. The van der Waals surface area contributed by atoms with E-state index in [0.717, 1.165) is 12.7 Å². The van der Waals surface area contributed by atoms with E-state index >= 15 is 0 Å². The molecule has 0 spiro atoms. The number of carbonyl (C=O) groups is 1. The van der Waals surface area contributed by atoms with Gasteiger partial charge in [-0.2, -0.15) is 0 Å². The minimum absolute atomic E-state index is 0. The minimum atomic E-state index is -0.948. The summed E-state index contributed by atoms with van der Waals surface area (Å²) in [5.41, 5.74) is 0.606. The SMILES string of the molecule is CC.CC.COC(=O)c1c([O-])nc2ccc(C)cc2c1[O-].[Na+].[Na+]. The molecule has 0 radical (unpaired) electrons. The first-order chi connectivity index (χ1) is 10.0. The van der Waals surface area contributed by atoms with Gasteiger partial charge in [0.25, 0.3) is 0 Å². The number of rotatable bonds is 1. The Hall–Kier alpha value is -0.300. The molecule has 116 valence electrons. The van der Waals surface area contributed by atoms with Gasteiger partial charge in [0.15, 0.2) is 0 Å². The van der Waals surface area contributed by atoms with E-state index in [1.54, 1.807) is 18.2 Å². The minimum Gasteiger partial charge on any atom is -0.871 e. The van der Waals surface area contributed by atoms with Crippen molar-refractivity contribution < 1.29 is 78.9 Å². The summed E-state index contributed by atoms with van der Waals surface area (Å²) in [7, 11) is 1.11. The Morgan fingerprint density at radius 1 is 1.09 bits per heavy atom. The van der Waals surface area contributed by atoms with Gasteiger partial charge in [-0.3, -0.25) is 4.98 Å². The van der Waals surface area contributed by atoms with Gasteiger partial charge in [0.2, 0.25) is 0 Å². The summed E-state index contributed by atoms with van der Waals surface area (Å²) in [6.07, 6.45) is 0. The number of carbonyl (C=O) groups excluding carboxylic acids is 1. The fourth-order valence-electron chi connectivity index (χ4n) is 1.61. The van der Waals surface area contributed by atoms with Gasteiger partial charge in [-0.25, -0.2) is 4.79 Å². The van der Waals surface area contributed by atoms with E-state index in [1.165, 1.54) is 0 Å². The van der Waals surface area contributed by atoms with Gasteiger partial charge in [0, 0.05) is 5.88 Å². The Labute approximate surface area is 182 Å². The summed E-state index contributed by atoms with van der Waals surface area (Å²) in [6.45, 7) is 9.81. The Kier molecular flexibility index (Phi) is 16.9. The van der Waals surface area contributed by atoms with Crippen LogP contribution < -0.4 is 69.3 Å². The van der Waals surface area contributed by atoms with Crippen LogP contribution in [0.15, 0.2) is 18.2 Å². The molecule has 0 amide bonds. The molecule has 1 aromatic heterocycles. The van der Waals surface area contributed by atoms with Crippen molar-refractivity contribution in [3.63, 3.8) is 0 Å². The van der Waals surface area contributed by atoms with Crippen LogP contribution in [0.5, 0.6) is 11.6 Å². The molecule has 23 heavy (non-hydrogen) atoms. The molecule has 0 aliphatic carbocycles. The number of fused-ring (bicyclic) bond motifs is 1. The summed E-state index contributed by atoms with van der Waals surface area (Å²) < 4.78 is 4.40. The maximum absolute atomic E-state index is 12.0. The Balaban J connectivity index is -0.000000619. The predicted octanol–water partition coefficient (Wildman–Crippen LogP) is -3.46. The first kappa shape index (κ1) is 27.5. The van der Waals surface area contributed by atoms with Crippen molar-refractivity contribution in [3.05, 3.63) is 29.3 Å². The zero-order valence-corrected chi connectivity index (χ0v) is 19.3. The molecule has 0 atom stereocenters. The number of methoxy groups -OCH3 is 1. The molecule has 0 N–H and O–H groups in total. The fraction of sp³-hybridized carbons (Fsp3) is 0.375. The summed E-state index contributed by atoms with van der Waals surface area (Å²) in [5.74, 6) is -2.43. The molecule has 2 rings (SSSR count). The average Bonchev–Trinajstić information content (AvgIpc) is 2.52. The molecule has 0 saturated carbocycles. The molecule has 1 heterocycles. The smallest absolute Gasteiger partial charge is 0.871 e. The van der Waals surface area contributed by atoms with Crippen molar-refractivity contribution in [1.29, 1.82) is 0 Å². The zero-order valence-electron chi connectivity index (χ0n) is 15.3. The van der Waals surface area contributed by atoms with E-state index in [2.05, 4.69) is 9.72 Å². The Morgan fingerprint density at radius 2 is 1.61 bits per heavy atom. The van der Waals surface area contributed by atoms with Crippen molar-refractivity contribution in [2.24, 2.45) is 0 Å². The van der Waals surface area contributed by atoms with Gasteiger partial charge in [-0.15, -0.1) is 0 Å². The second kappa shape index (κ2) is 14.1. The number of esters is 1. The Bertz CT molecular complexity index is 619. The molecule has 0 aliphatic heterocycles. The number of benzene rings is 1. The third-order valence-corrected chi connectivity index (χ3v) is 2.45. The van der Waals surface area contributed by atoms with Crippen LogP contribution in [-0.4, -0.2) is 18.1 Å². The molecule has 0 saturated heterocycles. The van der Waals surface area contributed by atoms with Gasteiger partial charge >= 0.3 is 65.1 Å². The fourth-order valence-corrected chi connectivity index (χ4v) is 1.61. The molecular weight excluding hydrogens is 316 g/mol. The third kappa shape index (κ3) is 6.99. The van der Waals surface area contributed by atoms with Crippen molar-refractivity contribution >= 4 is 16.9 Å². The predicted molar refractivity (Wildman–Crippen MR) is 79.4 cm³/mol. The average molecular weight is 337 g/mol. The topological polar surface area (TPSA) is 85.3 Å². The largest absolute Gasteiger partial charge is 1.00 e. The van der Waals surface area contributed by atoms with E-state index in [4.69, 9.17) is 0 Å². The number of nitrogens with zero attached hydrogens (tertiary/aromatic N) is 1. The second-order valence-electron chi connectivity index (χ2n) is 3.63. The van der Waals surface area contributed by atoms with Crippen molar-refractivity contribution in [1.82, 2.24) is 4.98 Å². The molecule has 2 aromatic rings. The molecule has 0 fully saturated rings. The van der Waals surface area contributed by atoms with Gasteiger partial charge in [-0.05, 0) is 18.4 Å². The van der Waals surface area contributed by atoms with Crippen LogP contribution in [0.1, 0.15) is 43.6 Å². The normalized spacial score (nSPS) is 8.26. The van der Waals surface area contributed by atoms with E-state index in [-0.39, 0.29) is 64.5 Å². The number of hydrogen-bond donors (Lipinski definition) is 0. The van der Waals surface area contributed by atoms with Crippen LogP contribution in [0.3, 0.4) is 0 Å². The maximum Gasteiger partial charge on any atom is 1.00 e. The van der Waals surface area contributed by atoms with E-state index in [1.807, 2.05) is 34.6 Å². The number of pyridine rings is 1. The van der Waals surface area contributed by atoms with E-state index in [0.29, 0.717) is 5.52 Å². The van der Waals surface area contributed by atoms with Crippen LogP contribution in [0.25, 0.3) is 10.9 Å².